The molecule has 0 fully saturated rings. The Morgan fingerprint density at radius 3 is 2.58 bits per heavy atom. The molecule has 1 N–H and O–H groups in total. The first-order valence-corrected chi connectivity index (χ1v) is 8.75. The van der Waals surface area contributed by atoms with E-state index in [9.17, 15) is 5.11 Å². The van der Waals surface area contributed by atoms with Crippen LogP contribution >= 0.6 is 11.6 Å². The zero-order valence-electron chi connectivity index (χ0n) is 15.5. The highest BCUT2D eigenvalue weighted by molar-refractivity contribution is 6.32. The molecule has 0 aliphatic heterocycles. The van der Waals surface area contributed by atoms with Gasteiger partial charge in [0, 0.05) is 0 Å². The first kappa shape index (κ1) is 21.0. The number of imidazole rings is 1. The SMILES string of the molecule is Cc1ccc(Cl)c(OCC(O)Cn2c[n+](C)c3cc(C)c(C)cc32)c1.[I-]. The topological polar surface area (TPSA) is 38.3 Å². The van der Waals surface area contributed by atoms with Crippen LogP contribution in [0.25, 0.3) is 11.0 Å². The Morgan fingerprint density at radius 1 is 1.15 bits per heavy atom. The van der Waals surface area contributed by atoms with Gasteiger partial charge < -0.3 is 33.8 Å². The van der Waals surface area contributed by atoms with E-state index in [0.717, 1.165) is 16.6 Å². The van der Waals surface area contributed by atoms with E-state index in [2.05, 4.69) is 35.1 Å². The van der Waals surface area contributed by atoms with Crippen LogP contribution in [0.4, 0.5) is 0 Å². The summed E-state index contributed by atoms with van der Waals surface area (Å²) in [6.45, 7) is 6.85. The van der Waals surface area contributed by atoms with Crippen molar-refractivity contribution in [2.75, 3.05) is 6.61 Å². The lowest BCUT2D eigenvalue weighted by atomic mass is 10.1. The molecule has 0 spiro atoms. The number of nitrogens with zero attached hydrogens (tertiary/aromatic N) is 2. The number of fused-ring (bicyclic) bond motifs is 1. The number of aliphatic hydroxyl groups is 1. The third-order valence-corrected chi connectivity index (χ3v) is 4.83. The number of aromatic nitrogens is 2. The van der Waals surface area contributed by atoms with Gasteiger partial charge in [0.25, 0.3) is 0 Å². The van der Waals surface area contributed by atoms with Crippen molar-refractivity contribution in [2.24, 2.45) is 7.05 Å². The Kier molecular flexibility index (Phi) is 6.93. The van der Waals surface area contributed by atoms with Gasteiger partial charge in [0.2, 0.25) is 6.33 Å². The molecule has 0 aliphatic rings. The summed E-state index contributed by atoms with van der Waals surface area (Å²) >= 11 is 6.14. The van der Waals surface area contributed by atoms with Crippen molar-refractivity contribution in [1.29, 1.82) is 0 Å². The average Bonchev–Trinajstić information content (AvgIpc) is 2.84. The van der Waals surface area contributed by atoms with Gasteiger partial charge in [-0.25, -0.2) is 9.13 Å². The lowest BCUT2D eigenvalue weighted by molar-refractivity contribution is -0.645. The molecule has 140 valence electrons. The van der Waals surface area contributed by atoms with Crippen LogP contribution in [0.3, 0.4) is 0 Å². The van der Waals surface area contributed by atoms with Crippen LogP contribution in [-0.4, -0.2) is 22.4 Å². The highest BCUT2D eigenvalue weighted by Gasteiger charge is 2.18. The molecule has 0 amide bonds. The molecular weight excluding hydrogens is 463 g/mol. The fraction of sp³-hybridized carbons (Fsp3) is 0.350. The molecule has 0 bridgehead atoms. The number of aliphatic hydroxyl groups excluding tert-OH is 1. The van der Waals surface area contributed by atoms with Gasteiger partial charge in [0.15, 0.2) is 11.0 Å². The van der Waals surface area contributed by atoms with Crippen molar-refractivity contribution in [3.05, 3.63) is 58.4 Å². The van der Waals surface area contributed by atoms with Crippen LogP contribution in [0.15, 0.2) is 36.7 Å². The maximum Gasteiger partial charge on any atom is 0.244 e. The molecule has 1 atom stereocenters. The third kappa shape index (κ3) is 4.50. The largest absolute Gasteiger partial charge is 1.00 e. The first-order valence-electron chi connectivity index (χ1n) is 8.38. The van der Waals surface area contributed by atoms with Gasteiger partial charge >= 0.3 is 0 Å². The summed E-state index contributed by atoms with van der Waals surface area (Å²) in [5, 5.41) is 11.0. The molecule has 0 radical (unpaired) electrons. The molecule has 2 aromatic carbocycles. The van der Waals surface area contributed by atoms with Gasteiger partial charge in [-0.3, -0.25) is 0 Å². The van der Waals surface area contributed by atoms with Crippen molar-refractivity contribution in [3.63, 3.8) is 0 Å². The molecule has 6 heteroatoms. The average molecular weight is 487 g/mol. The minimum Gasteiger partial charge on any atom is -1.00 e. The van der Waals surface area contributed by atoms with Gasteiger partial charge in [-0.15, -0.1) is 0 Å². The standard InChI is InChI=1S/C20H24ClN2O2.HI/c1-13-5-6-17(21)20(7-13)25-11-16(24)10-23-12-22(4)18-8-14(2)15(3)9-19(18)23;/h5-9,12,16,24H,10-11H2,1-4H3;1H/q+1;/p-1. The lowest BCUT2D eigenvalue weighted by Gasteiger charge is -2.12. The molecule has 0 saturated carbocycles. The summed E-state index contributed by atoms with van der Waals surface area (Å²) in [5.41, 5.74) is 5.84. The van der Waals surface area contributed by atoms with Gasteiger partial charge in [-0.05, 0) is 61.7 Å². The predicted molar refractivity (Wildman–Crippen MR) is 100 cm³/mol. The maximum absolute atomic E-state index is 10.4. The van der Waals surface area contributed by atoms with Crippen LogP contribution in [0.5, 0.6) is 5.75 Å². The van der Waals surface area contributed by atoms with Crippen LogP contribution in [-0.2, 0) is 13.6 Å². The van der Waals surface area contributed by atoms with E-state index < -0.39 is 6.10 Å². The number of hydrogen-bond donors (Lipinski definition) is 1. The Morgan fingerprint density at radius 2 is 1.85 bits per heavy atom. The van der Waals surface area contributed by atoms with Crippen molar-refractivity contribution >= 4 is 22.6 Å². The Hall–Kier alpha value is -1.31. The van der Waals surface area contributed by atoms with E-state index in [4.69, 9.17) is 16.3 Å². The normalized spacial score (nSPS) is 12.1. The number of ether oxygens (including phenoxy) is 1. The highest BCUT2D eigenvalue weighted by Crippen LogP contribution is 2.25. The van der Waals surface area contributed by atoms with Gasteiger partial charge in [0.05, 0.1) is 12.1 Å². The van der Waals surface area contributed by atoms with Crippen molar-refractivity contribution < 1.29 is 38.4 Å². The molecule has 1 aromatic heterocycles. The highest BCUT2D eigenvalue weighted by atomic mass is 127. The summed E-state index contributed by atoms with van der Waals surface area (Å²) in [6.07, 6.45) is 1.38. The molecule has 3 rings (SSSR count). The second kappa shape index (κ2) is 8.59. The van der Waals surface area contributed by atoms with E-state index in [-0.39, 0.29) is 30.6 Å². The predicted octanol–water partition coefficient (Wildman–Crippen LogP) is 0.488. The van der Waals surface area contributed by atoms with E-state index in [1.165, 1.54) is 11.1 Å². The monoisotopic (exact) mass is 486 g/mol. The van der Waals surface area contributed by atoms with Crippen LogP contribution < -0.4 is 33.3 Å². The van der Waals surface area contributed by atoms with Gasteiger partial charge in [-0.2, -0.15) is 0 Å². The molecule has 0 aliphatic carbocycles. The van der Waals surface area contributed by atoms with E-state index in [1.807, 2.05) is 38.5 Å². The number of hydrogen-bond acceptors (Lipinski definition) is 2. The molecule has 1 heterocycles. The van der Waals surface area contributed by atoms with Gasteiger partial charge in [0.1, 0.15) is 25.0 Å². The zero-order chi connectivity index (χ0) is 18.1. The summed E-state index contributed by atoms with van der Waals surface area (Å²) < 4.78 is 9.85. The smallest absolute Gasteiger partial charge is 0.244 e. The minimum absolute atomic E-state index is 0. The molecule has 4 nitrogen and oxygen atoms in total. The van der Waals surface area contributed by atoms with Crippen LogP contribution in [0.2, 0.25) is 5.02 Å². The Bertz CT molecular complexity index is 924. The zero-order valence-corrected chi connectivity index (χ0v) is 18.4. The Balaban J connectivity index is 0.00000243. The minimum atomic E-state index is -0.631. The number of benzene rings is 2. The molecule has 3 aromatic rings. The first-order chi connectivity index (χ1) is 11.8. The second-order valence-corrected chi connectivity index (χ2v) is 7.11. The molecule has 26 heavy (non-hydrogen) atoms. The number of rotatable bonds is 5. The quantitative estimate of drug-likeness (QED) is 0.421. The third-order valence-electron chi connectivity index (χ3n) is 4.52. The summed E-state index contributed by atoms with van der Waals surface area (Å²) in [5.74, 6) is 0.607. The summed E-state index contributed by atoms with van der Waals surface area (Å²) in [6, 6.07) is 9.96. The summed E-state index contributed by atoms with van der Waals surface area (Å²) in [7, 11) is 2.02. The van der Waals surface area contributed by atoms with Crippen molar-refractivity contribution in [3.8, 4) is 5.75 Å². The summed E-state index contributed by atoms with van der Waals surface area (Å²) in [4.78, 5) is 0. The lowest BCUT2D eigenvalue weighted by Crippen LogP contribution is -3.00. The number of aryl methyl sites for hydroxylation is 4. The number of halogens is 2. The van der Waals surface area contributed by atoms with E-state index in [0.29, 0.717) is 17.3 Å². The van der Waals surface area contributed by atoms with Crippen molar-refractivity contribution in [1.82, 2.24) is 4.57 Å². The fourth-order valence-electron chi connectivity index (χ4n) is 2.96. The fourth-order valence-corrected chi connectivity index (χ4v) is 3.14. The van der Waals surface area contributed by atoms with Crippen LogP contribution in [0, 0.1) is 20.8 Å². The van der Waals surface area contributed by atoms with Crippen LogP contribution in [0.1, 0.15) is 16.7 Å². The Labute approximate surface area is 176 Å². The molecular formula is C20H24ClIN2O2. The maximum atomic E-state index is 10.4. The van der Waals surface area contributed by atoms with E-state index in [1.54, 1.807) is 0 Å². The van der Waals surface area contributed by atoms with Crippen molar-refractivity contribution in [2.45, 2.75) is 33.4 Å². The van der Waals surface area contributed by atoms with E-state index >= 15 is 0 Å². The molecule has 1 unspecified atom stereocenters. The molecule has 0 saturated heterocycles. The second-order valence-electron chi connectivity index (χ2n) is 6.70. The van der Waals surface area contributed by atoms with Gasteiger partial charge in [-0.1, -0.05) is 17.7 Å².